The van der Waals surface area contributed by atoms with Gasteiger partial charge < -0.3 is 14.5 Å². The number of likely N-dealkylation sites (tertiary alicyclic amines) is 1. The van der Waals surface area contributed by atoms with E-state index < -0.39 is 6.17 Å². The zero-order chi connectivity index (χ0) is 15.9. The van der Waals surface area contributed by atoms with Crippen molar-refractivity contribution in [1.82, 2.24) is 9.80 Å². The molecule has 7 heteroatoms. The van der Waals surface area contributed by atoms with E-state index in [1.807, 2.05) is 16.7 Å². The predicted molar refractivity (Wildman–Crippen MR) is 82.4 cm³/mol. The lowest BCUT2D eigenvalue weighted by molar-refractivity contribution is -0.146. The van der Waals surface area contributed by atoms with Crippen LogP contribution in [0.1, 0.15) is 19.3 Å². The lowest BCUT2D eigenvalue weighted by atomic mass is 9.80. The smallest absolute Gasteiger partial charge is 0.248 e. The fraction of sp³-hybridized carbons (Fsp3) is 0.867. The summed E-state index contributed by atoms with van der Waals surface area (Å²) in [5.74, 6) is 0.872. The maximum atomic E-state index is 12.8. The molecule has 3 fully saturated rings. The van der Waals surface area contributed by atoms with Gasteiger partial charge in [-0.05, 0) is 19.3 Å². The van der Waals surface area contributed by atoms with Gasteiger partial charge in [0.15, 0.2) is 0 Å². The quantitative estimate of drug-likeness (QED) is 0.769. The molecule has 2 saturated heterocycles. The molecule has 2 aliphatic heterocycles. The molecule has 1 saturated carbocycles. The molecule has 0 aromatic heterocycles. The Bertz CT molecular complexity index is 462. The minimum Gasteiger partial charge on any atom is -0.367 e. The molecule has 5 nitrogen and oxygen atoms in total. The Hall–Kier alpha value is -0.820. The largest absolute Gasteiger partial charge is 0.367 e. The van der Waals surface area contributed by atoms with Crippen molar-refractivity contribution in [1.29, 1.82) is 0 Å². The fourth-order valence-corrected chi connectivity index (χ4v) is 4.81. The van der Waals surface area contributed by atoms with E-state index in [0.717, 1.165) is 25.3 Å². The summed E-state index contributed by atoms with van der Waals surface area (Å²) in [6.45, 7) is 1.60. The van der Waals surface area contributed by atoms with E-state index in [1.165, 1.54) is 4.90 Å². The lowest BCUT2D eigenvalue weighted by Gasteiger charge is -2.49. The molecule has 3 rings (SSSR count). The van der Waals surface area contributed by atoms with Crippen molar-refractivity contribution in [2.45, 2.75) is 36.3 Å². The maximum Gasteiger partial charge on any atom is 0.248 e. The third-order valence-corrected chi connectivity index (χ3v) is 6.39. The van der Waals surface area contributed by atoms with Gasteiger partial charge in [-0.25, -0.2) is 4.39 Å². The molecule has 2 heterocycles. The molecule has 0 bridgehead atoms. The summed E-state index contributed by atoms with van der Waals surface area (Å²) in [5.41, 5.74) is 0. The van der Waals surface area contributed by atoms with Gasteiger partial charge in [0, 0.05) is 38.9 Å². The second-order valence-corrected chi connectivity index (χ2v) is 8.37. The van der Waals surface area contributed by atoms with Crippen molar-refractivity contribution in [3.63, 3.8) is 0 Å². The van der Waals surface area contributed by atoms with Crippen LogP contribution in [0.4, 0.5) is 4.39 Å². The number of likely N-dealkylation sites (N-methyl/N-ethyl adjacent to an activating group) is 1. The molecule has 2 amide bonds. The SMILES string of the molecule is CN(C)C(=O)CO[C@H]1CSC2(C1)CN(C(=O)C1CC(F)C1)C2. The number of thioether (sulfide) groups is 1. The summed E-state index contributed by atoms with van der Waals surface area (Å²) in [7, 11) is 3.43. The minimum absolute atomic E-state index is 0.0258. The lowest BCUT2D eigenvalue weighted by Crippen LogP contribution is -2.62. The van der Waals surface area contributed by atoms with Gasteiger partial charge in [-0.15, -0.1) is 11.8 Å². The number of halogens is 1. The molecule has 3 aliphatic rings. The van der Waals surface area contributed by atoms with Gasteiger partial charge in [0.25, 0.3) is 0 Å². The number of amides is 2. The van der Waals surface area contributed by atoms with Gasteiger partial charge in [-0.2, -0.15) is 0 Å². The van der Waals surface area contributed by atoms with E-state index in [2.05, 4.69) is 0 Å². The summed E-state index contributed by atoms with van der Waals surface area (Å²) in [4.78, 5) is 27.1. The molecule has 1 atom stereocenters. The highest BCUT2D eigenvalue weighted by atomic mass is 32.2. The number of carbonyl (C=O) groups excluding carboxylic acids is 2. The molecular weight excluding hydrogens is 307 g/mol. The van der Waals surface area contributed by atoms with Gasteiger partial charge in [0.05, 0.1) is 10.9 Å². The molecule has 1 aliphatic carbocycles. The highest BCUT2D eigenvalue weighted by molar-refractivity contribution is 8.01. The summed E-state index contributed by atoms with van der Waals surface area (Å²) < 4.78 is 18.6. The highest BCUT2D eigenvalue weighted by Crippen LogP contribution is 2.47. The molecule has 124 valence electrons. The first-order valence-electron chi connectivity index (χ1n) is 7.77. The molecule has 0 aromatic rings. The van der Waals surface area contributed by atoms with Crippen LogP contribution >= 0.6 is 11.8 Å². The number of hydrogen-bond acceptors (Lipinski definition) is 4. The van der Waals surface area contributed by atoms with Crippen LogP contribution in [0.5, 0.6) is 0 Å². The normalized spacial score (nSPS) is 32.5. The van der Waals surface area contributed by atoms with E-state index in [9.17, 15) is 14.0 Å². The monoisotopic (exact) mass is 330 g/mol. The summed E-state index contributed by atoms with van der Waals surface area (Å²) in [5, 5.41) is 0. The standard InChI is InChI=1S/C15H23FN2O3S/c1-17(2)13(19)6-21-12-5-15(22-7-12)8-18(9-15)14(20)10-3-11(16)4-10/h10-12H,3-9H2,1-2H3/t10?,11?,12-/m1/s1. The molecule has 0 radical (unpaired) electrons. The summed E-state index contributed by atoms with van der Waals surface area (Å²) >= 11 is 1.84. The first-order chi connectivity index (χ1) is 10.4. The van der Waals surface area contributed by atoms with Gasteiger partial charge in [-0.1, -0.05) is 0 Å². The molecule has 1 spiro atoms. The number of hydrogen-bond donors (Lipinski definition) is 0. The van der Waals surface area contributed by atoms with Crippen molar-refractivity contribution in [3.05, 3.63) is 0 Å². The van der Waals surface area contributed by atoms with Crippen LogP contribution < -0.4 is 0 Å². The predicted octanol–water partition coefficient (Wildman–Crippen LogP) is 0.926. The van der Waals surface area contributed by atoms with Crippen LogP contribution in [0.25, 0.3) is 0 Å². The zero-order valence-electron chi connectivity index (χ0n) is 13.1. The highest BCUT2D eigenvalue weighted by Gasteiger charge is 2.52. The molecule has 0 N–H and O–H groups in total. The van der Waals surface area contributed by atoms with Crippen molar-refractivity contribution < 1.29 is 18.7 Å². The Kier molecular flexibility index (Phi) is 4.38. The van der Waals surface area contributed by atoms with Crippen LogP contribution in [0.15, 0.2) is 0 Å². The van der Waals surface area contributed by atoms with Crippen molar-refractivity contribution in [3.8, 4) is 0 Å². The van der Waals surface area contributed by atoms with Crippen molar-refractivity contribution in [2.75, 3.05) is 39.5 Å². The second-order valence-electron chi connectivity index (χ2n) is 6.88. The van der Waals surface area contributed by atoms with Gasteiger partial charge in [0.2, 0.25) is 11.8 Å². The Morgan fingerprint density at radius 2 is 2.05 bits per heavy atom. The third kappa shape index (κ3) is 3.11. The Morgan fingerprint density at radius 3 is 2.64 bits per heavy atom. The Labute approximate surface area is 134 Å². The number of ether oxygens (including phenoxy) is 1. The Morgan fingerprint density at radius 1 is 1.36 bits per heavy atom. The first-order valence-corrected chi connectivity index (χ1v) is 8.76. The number of rotatable bonds is 4. The van der Waals surface area contributed by atoms with Gasteiger partial charge >= 0.3 is 0 Å². The van der Waals surface area contributed by atoms with E-state index in [0.29, 0.717) is 12.8 Å². The van der Waals surface area contributed by atoms with Crippen LogP contribution in [-0.4, -0.2) is 78.2 Å². The number of carbonyl (C=O) groups is 2. The molecular formula is C15H23FN2O3S. The van der Waals surface area contributed by atoms with Crippen molar-refractivity contribution >= 4 is 23.6 Å². The molecule has 22 heavy (non-hydrogen) atoms. The van der Waals surface area contributed by atoms with Gasteiger partial charge in [0.1, 0.15) is 12.8 Å². The summed E-state index contributed by atoms with van der Waals surface area (Å²) in [6, 6.07) is 0. The number of nitrogens with zero attached hydrogens (tertiary/aromatic N) is 2. The van der Waals surface area contributed by atoms with Crippen molar-refractivity contribution in [2.24, 2.45) is 5.92 Å². The van der Waals surface area contributed by atoms with Crippen LogP contribution in [0, 0.1) is 5.92 Å². The van der Waals surface area contributed by atoms with E-state index >= 15 is 0 Å². The average Bonchev–Trinajstić information content (AvgIpc) is 2.83. The van der Waals surface area contributed by atoms with E-state index in [-0.39, 0.29) is 35.2 Å². The second kappa shape index (κ2) is 6.00. The average molecular weight is 330 g/mol. The van der Waals surface area contributed by atoms with Crippen LogP contribution in [0.2, 0.25) is 0 Å². The van der Waals surface area contributed by atoms with Crippen LogP contribution in [-0.2, 0) is 14.3 Å². The van der Waals surface area contributed by atoms with Gasteiger partial charge in [-0.3, -0.25) is 9.59 Å². The summed E-state index contributed by atoms with van der Waals surface area (Å²) in [6.07, 6.45) is 0.988. The third-order valence-electron chi connectivity index (χ3n) is 4.82. The maximum absolute atomic E-state index is 12.8. The zero-order valence-corrected chi connectivity index (χ0v) is 13.9. The number of alkyl halides is 1. The molecule has 0 unspecified atom stereocenters. The fourth-order valence-electron chi connectivity index (χ4n) is 3.26. The van der Waals surface area contributed by atoms with Crippen LogP contribution in [0.3, 0.4) is 0 Å². The topological polar surface area (TPSA) is 49.9 Å². The molecule has 0 aromatic carbocycles. The van der Waals surface area contributed by atoms with E-state index in [4.69, 9.17) is 4.74 Å². The van der Waals surface area contributed by atoms with E-state index in [1.54, 1.807) is 14.1 Å². The minimum atomic E-state index is -0.781. The Balaban J connectivity index is 1.40. The first kappa shape index (κ1) is 16.1.